The van der Waals surface area contributed by atoms with Crippen molar-refractivity contribution in [3.8, 4) is 0 Å². The number of nitrogens with zero attached hydrogens (tertiary/aromatic N) is 5. The smallest absolute Gasteiger partial charge is 0.194 e. The summed E-state index contributed by atoms with van der Waals surface area (Å²) in [6.07, 6.45) is 3.88. The summed E-state index contributed by atoms with van der Waals surface area (Å²) in [5.74, 6) is 2.30. The summed E-state index contributed by atoms with van der Waals surface area (Å²) in [6, 6.07) is 6.73. The molecule has 6 nitrogen and oxygen atoms in total. The van der Waals surface area contributed by atoms with Gasteiger partial charge in [-0.1, -0.05) is 13.8 Å². The maximum Gasteiger partial charge on any atom is 0.194 e. The molecule has 0 bridgehead atoms. The Morgan fingerprint density at radius 3 is 2.54 bits per heavy atom. The van der Waals surface area contributed by atoms with E-state index < -0.39 is 0 Å². The number of nitrogens with one attached hydrogen (secondary N) is 1. The lowest BCUT2D eigenvalue weighted by molar-refractivity contribution is 0.372. The number of hydrogen-bond acceptors (Lipinski definition) is 3. The first-order valence-electron chi connectivity index (χ1n) is 10.1. The van der Waals surface area contributed by atoms with E-state index in [0.29, 0.717) is 12.5 Å². The number of benzene rings is 1. The highest BCUT2D eigenvalue weighted by Gasteiger charge is 2.20. The van der Waals surface area contributed by atoms with Crippen LogP contribution in [0.1, 0.15) is 26.6 Å². The van der Waals surface area contributed by atoms with Crippen molar-refractivity contribution in [2.24, 2.45) is 10.9 Å². The van der Waals surface area contributed by atoms with Gasteiger partial charge in [-0.15, -0.1) is 0 Å². The summed E-state index contributed by atoms with van der Waals surface area (Å²) >= 11 is 0. The molecule has 1 saturated heterocycles. The van der Waals surface area contributed by atoms with E-state index in [-0.39, 0.29) is 5.82 Å². The van der Waals surface area contributed by atoms with Gasteiger partial charge in [0.2, 0.25) is 0 Å². The summed E-state index contributed by atoms with van der Waals surface area (Å²) in [6.45, 7) is 12.4. The topological polar surface area (TPSA) is 48.7 Å². The van der Waals surface area contributed by atoms with Gasteiger partial charge >= 0.3 is 0 Å². The molecule has 2 heterocycles. The summed E-state index contributed by atoms with van der Waals surface area (Å²) < 4.78 is 15.3. The lowest BCUT2D eigenvalue weighted by atomic mass is 10.2. The van der Waals surface area contributed by atoms with Crippen molar-refractivity contribution in [1.82, 2.24) is 19.8 Å². The molecule has 0 spiro atoms. The lowest BCUT2D eigenvalue weighted by Crippen LogP contribution is -2.52. The Morgan fingerprint density at radius 2 is 1.89 bits per heavy atom. The van der Waals surface area contributed by atoms with E-state index in [9.17, 15) is 4.39 Å². The minimum absolute atomic E-state index is 0.195. The maximum atomic E-state index is 13.1. The Balaban J connectivity index is 1.62. The van der Waals surface area contributed by atoms with Crippen LogP contribution in [0, 0.1) is 11.7 Å². The van der Waals surface area contributed by atoms with Crippen LogP contribution in [0.2, 0.25) is 0 Å². The molecular weight excluding hydrogens is 355 g/mol. The van der Waals surface area contributed by atoms with Crippen molar-refractivity contribution in [2.75, 3.05) is 37.6 Å². The summed E-state index contributed by atoms with van der Waals surface area (Å²) in [5, 5.41) is 3.41. The fourth-order valence-electron chi connectivity index (χ4n) is 3.45. The van der Waals surface area contributed by atoms with Crippen LogP contribution >= 0.6 is 0 Å². The van der Waals surface area contributed by atoms with Crippen molar-refractivity contribution >= 4 is 11.6 Å². The molecule has 0 unspecified atom stereocenters. The Labute approximate surface area is 167 Å². The number of anilines is 1. The zero-order valence-corrected chi connectivity index (χ0v) is 17.1. The standard InChI is InChI=1S/C21H31FN6/c1-4-23-21(25-15-20-24-9-10-28(20)16-17(2)3)27-13-11-26(12-14-27)19-7-5-18(22)6-8-19/h5-10,17H,4,11-16H2,1-3H3,(H,23,25). The number of rotatable bonds is 6. The second-order valence-corrected chi connectivity index (χ2v) is 7.51. The van der Waals surface area contributed by atoms with Gasteiger partial charge in [0.15, 0.2) is 5.96 Å². The molecule has 1 aromatic carbocycles. The molecule has 1 N–H and O–H groups in total. The molecule has 0 atom stereocenters. The van der Waals surface area contributed by atoms with E-state index in [1.807, 2.05) is 24.5 Å². The van der Waals surface area contributed by atoms with Gasteiger partial charge in [0.1, 0.15) is 18.2 Å². The Bertz CT molecular complexity index is 759. The molecule has 1 aromatic heterocycles. The van der Waals surface area contributed by atoms with E-state index in [2.05, 4.69) is 45.4 Å². The fraction of sp³-hybridized carbons (Fsp3) is 0.524. The van der Waals surface area contributed by atoms with E-state index in [1.54, 1.807) is 0 Å². The minimum Gasteiger partial charge on any atom is -0.368 e. The molecule has 1 aliphatic rings. The first-order valence-corrected chi connectivity index (χ1v) is 10.1. The van der Waals surface area contributed by atoms with Crippen LogP contribution in [-0.4, -0.2) is 53.1 Å². The summed E-state index contributed by atoms with van der Waals surface area (Å²) in [4.78, 5) is 13.9. The van der Waals surface area contributed by atoms with Crippen LogP contribution in [-0.2, 0) is 13.1 Å². The molecule has 1 aliphatic heterocycles. The third kappa shape index (κ3) is 5.24. The third-order valence-corrected chi connectivity index (χ3v) is 4.84. The van der Waals surface area contributed by atoms with E-state index >= 15 is 0 Å². The number of hydrogen-bond donors (Lipinski definition) is 1. The van der Waals surface area contributed by atoms with Crippen LogP contribution in [0.25, 0.3) is 0 Å². The first kappa shape index (κ1) is 20.2. The summed E-state index contributed by atoms with van der Waals surface area (Å²) in [5.41, 5.74) is 1.07. The predicted molar refractivity (Wildman–Crippen MR) is 112 cm³/mol. The number of piperazine rings is 1. The van der Waals surface area contributed by atoms with Gasteiger partial charge < -0.3 is 19.7 Å². The molecule has 152 valence electrons. The largest absolute Gasteiger partial charge is 0.368 e. The third-order valence-electron chi connectivity index (χ3n) is 4.84. The Hall–Kier alpha value is -2.57. The second kappa shape index (κ2) is 9.57. The molecule has 7 heteroatoms. The minimum atomic E-state index is -0.195. The van der Waals surface area contributed by atoms with Crippen molar-refractivity contribution in [1.29, 1.82) is 0 Å². The van der Waals surface area contributed by atoms with Crippen LogP contribution in [0.5, 0.6) is 0 Å². The molecule has 0 aliphatic carbocycles. The van der Waals surface area contributed by atoms with Crippen molar-refractivity contribution < 1.29 is 4.39 Å². The van der Waals surface area contributed by atoms with Gasteiger partial charge in [0.05, 0.1) is 0 Å². The molecular formula is C21H31FN6. The van der Waals surface area contributed by atoms with Crippen molar-refractivity contribution in [2.45, 2.75) is 33.9 Å². The van der Waals surface area contributed by atoms with E-state index in [1.165, 1.54) is 12.1 Å². The monoisotopic (exact) mass is 386 g/mol. The SMILES string of the molecule is CCNC(=NCc1nccn1CC(C)C)N1CCN(c2ccc(F)cc2)CC1. The number of guanidine groups is 1. The van der Waals surface area contributed by atoms with Gasteiger partial charge in [-0.25, -0.2) is 14.4 Å². The summed E-state index contributed by atoms with van der Waals surface area (Å²) in [7, 11) is 0. The zero-order valence-electron chi connectivity index (χ0n) is 17.1. The Morgan fingerprint density at radius 1 is 1.18 bits per heavy atom. The number of aromatic nitrogens is 2. The first-order chi connectivity index (χ1) is 13.6. The highest BCUT2D eigenvalue weighted by Crippen LogP contribution is 2.17. The van der Waals surface area contributed by atoms with E-state index in [0.717, 1.165) is 56.7 Å². The zero-order chi connectivity index (χ0) is 19.9. The molecule has 0 saturated carbocycles. The van der Waals surface area contributed by atoms with Gasteiger partial charge in [0.25, 0.3) is 0 Å². The number of aliphatic imine (C=N–C) groups is 1. The molecule has 0 radical (unpaired) electrons. The van der Waals surface area contributed by atoms with Crippen LogP contribution < -0.4 is 10.2 Å². The normalized spacial score (nSPS) is 15.4. The highest BCUT2D eigenvalue weighted by molar-refractivity contribution is 5.80. The van der Waals surface area contributed by atoms with Crippen molar-refractivity contribution in [3.63, 3.8) is 0 Å². The van der Waals surface area contributed by atoms with E-state index in [4.69, 9.17) is 4.99 Å². The predicted octanol–water partition coefficient (Wildman–Crippen LogP) is 2.97. The van der Waals surface area contributed by atoms with Crippen LogP contribution in [0.3, 0.4) is 0 Å². The van der Waals surface area contributed by atoms with Gasteiger partial charge in [0, 0.05) is 57.3 Å². The van der Waals surface area contributed by atoms with Gasteiger partial charge in [-0.3, -0.25) is 0 Å². The maximum absolute atomic E-state index is 13.1. The molecule has 28 heavy (non-hydrogen) atoms. The highest BCUT2D eigenvalue weighted by atomic mass is 19.1. The quantitative estimate of drug-likeness (QED) is 0.613. The van der Waals surface area contributed by atoms with Crippen molar-refractivity contribution in [3.05, 3.63) is 48.3 Å². The van der Waals surface area contributed by atoms with Gasteiger partial charge in [-0.05, 0) is 37.1 Å². The fourth-order valence-corrected chi connectivity index (χ4v) is 3.45. The number of halogens is 1. The Kier molecular flexibility index (Phi) is 6.90. The molecule has 0 amide bonds. The average molecular weight is 387 g/mol. The lowest BCUT2D eigenvalue weighted by Gasteiger charge is -2.37. The van der Waals surface area contributed by atoms with Crippen LogP contribution in [0.4, 0.5) is 10.1 Å². The molecule has 1 fully saturated rings. The van der Waals surface area contributed by atoms with Gasteiger partial charge in [-0.2, -0.15) is 0 Å². The molecule has 2 aromatic rings. The molecule has 3 rings (SSSR count). The average Bonchev–Trinajstić information content (AvgIpc) is 3.12. The van der Waals surface area contributed by atoms with Crippen LogP contribution in [0.15, 0.2) is 41.7 Å². The second-order valence-electron chi connectivity index (χ2n) is 7.51. The number of imidazole rings is 1.